The summed E-state index contributed by atoms with van der Waals surface area (Å²) in [5.74, 6) is 1.09. The molecule has 1 aromatic carbocycles. The van der Waals surface area contributed by atoms with Crippen LogP contribution in [0.5, 0.6) is 5.75 Å². The molecule has 6 heteroatoms. The van der Waals surface area contributed by atoms with Crippen LogP contribution in [-0.2, 0) is 0 Å². The lowest BCUT2D eigenvalue weighted by Gasteiger charge is -2.18. The number of carbonyl (C=O) groups excluding carboxylic acids is 1. The van der Waals surface area contributed by atoms with Crippen LogP contribution in [0.4, 0.5) is 0 Å². The number of aromatic nitrogens is 2. The third-order valence-corrected chi connectivity index (χ3v) is 3.44. The summed E-state index contributed by atoms with van der Waals surface area (Å²) in [5.41, 5.74) is 1.86. The first-order valence-electron chi connectivity index (χ1n) is 7.32. The molecule has 2 aromatic rings. The predicted molar refractivity (Wildman–Crippen MR) is 88.5 cm³/mol. The number of imidazole rings is 1. The number of methoxy groups -OCH3 is 1. The molecular weight excluding hydrogens is 294 g/mol. The Morgan fingerprint density at radius 2 is 2.30 bits per heavy atom. The van der Waals surface area contributed by atoms with Crippen molar-refractivity contribution in [3.05, 3.63) is 48.3 Å². The molecule has 2 rings (SSSR count). The number of nitrogens with zero attached hydrogens (tertiary/aromatic N) is 2. The SMILES string of the molecule is C=CCN(CCO)C(=O)c1nc(-c2cccc(OC)c2)[nH]c1C. The van der Waals surface area contributed by atoms with Crippen molar-refractivity contribution in [2.75, 3.05) is 26.8 Å². The largest absolute Gasteiger partial charge is 0.497 e. The van der Waals surface area contributed by atoms with Crippen molar-refractivity contribution >= 4 is 5.91 Å². The average Bonchev–Trinajstić information content (AvgIpc) is 2.96. The number of aromatic amines is 1. The van der Waals surface area contributed by atoms with Crippen molar-refractivity contribution in [3.63, 3.8) is 0 Å². The Kier molecular flexibility index (Phi) is 5.54. The Hall–Kier alpha value is -2.60. The maximum Gasteiger partial charge on any atom is 0.274 e. The fourth-order valence-corrected chi connectivity index (χ4v) is 2.28. The minimum Gasteiger partial charge on any atom is -0.497 e. The molecule has 0 atom stereocenters. The van der Waals surface area contributed by atoms with Gasteiger partial charge in [-0.3, -0.25) is 4.79 Å². The van der Waals surface area contributed by atoms with Crippen LogP contribution in [0, 0.1) is 6.92 Å². The maximum absolute atomic E-state index is 12.6. The number of aliphatic hydroxyl groups excluding tert-OH is 1. The Balaban J connectivity index is 2.32. The van der Waals surface area contributed by atoms with E-state index in [1.165, 1.54) is 4.90 Å². The van der Waals surface area contributed by atoms with Gasteiger partial charge in [0.1, 0.15) is 17.3 Å². The molecule has 23 heavy (non-hydrogen) atoms. The van der Waals surface area contributed by atoms with Crippen LogP contribution in [0.2, 0.25) is 0 Å². The number of rotatable bonds is 7. The standard InChI is InChI=1S/C17H21N3O3/c1-4-8-20(9-10-21)17(22)15-12(2)18-16(19-15)13-6-5-7-14(11-13)23-3/h4-7,11,21H,1,8-10H2,2-3H3,(H,18,19). The van der Waals surface area contributed by atoms with Gasteiger partial charge in [-0.2, -0.15) is 0 Å². The Morgan fingerprint density at radius 1 is 1.52 bits per heavy atom. The number of hydrogen-bond donors (Lipinski definition) is 2. The van der Waals surface area contributed by atoms with Crippen LogP contribution < -0.4 is 4.74 Å². The first-order chi connectivity index (χ1) is 11.1. The van der Waals surface area contributed by atoms with Gasteiger partial charge >= 0.3 is 0 Å². The zero-order chi connectivity index (χ0) is 16.8. The van der Waals surface area contributed by atoms with E-state index in [2.05, 4.69) is 16.5 Å². The van der Waals surface area contributed by atoms with Crippen molar-refractivity contribution in [1.82, 2.24) is 14.9 Å². The van der Waals surface area contributed by atoms with Crippen molar-refractivity contribution in [1.29, 1.82) is 0 Å². The molecule has 6 nitrogen and oxygen atoms in total. The molecule has 0 spiro atoms. The van der Waals surface area contributed by atoms with Gasteiger partial charge in [-0.15, -0.1) is 6.58 Å². The molecule has 1 amide bonds. The summed E-state index contributed by atoms with van der Waals surface area (Å²) in [7, 11) is 1.60. The van der Waals surface area contributed by atoms with E-state index in [-0.39, 0.29) is 19.1 Å². The highest BCUT2D eigenvalue weighted by Crippen LogP contribution is 2.23. The summed E-state index contributed by atoms with van der Waals surface area (Å²) in [6.45, 7) is 5.93. The van der Waals surface area contributed by atoms with E-state index < -0.39 is 0 Å². The van der Waals surface area contributed by atoms with E-state index in [0.717, 1.165) is 11.3 Å². The number of carbonyl (C=O) groups is 1. The molecule has 122 valence electrons. The Labute approximate surface area is 135 Å². The normalized spacial score (nSPS) is 10.4. The zero-order valence-corrected chi connectivity index (χ0v) is 13.4. The molecule has 0 aliphatic heterocycles. The number of amides is 1. The molecule has 2 N–H and O–H groups in total. The predicted octanol–water partition coefficient (Wildman–Crippen LogP) is 2.01. The highest BCUT2D eigenvalue weighted by Gasteiger charge is 2.21. The van der Waals surface area contributed by atoms with Crippen LogP contribution in [0.15, 0.2) is 36.9 Å². The molecule has 1 heterocycles. The number of ether oxygens (including phenoxy) is 1. The second-order valence-electron chi connectivity index (χ2n) is 5.05. The zero-order valence-electron chi connectivity index (χ0n) is 13.4. The maximum atomic E-state index is 12.6. The molecule has 0 unspecified atom stereocenters. The summed E-state index contributed by atoms with van der Waals surface area (Å²) < 4.78 is 5.21. The quantitative estimate of drug-likeness (QED) is 0.766. The minimum atomic E-state index is -0.234. The van der Waals surface area contributed by atoms with Gasteiger partial charge in [0.15, 0.2) is 0 Å². The summed E-state index contributed by atoms with van der Waals surface area (Å²) in [6, 6.07) is 7.45. The van der Waals surface area contributed by atoms with Crippen molar-refractivity contribution in [2.24, 2.45) is 0 Å². The molecule has 1 aromatic heterocycles. The average molecular weight is 315 g/mol. The fraction of sp³-hybridized carbons (Fsp3) is 0.294. The number of nitrogens with one attached hydrogen (secondary N) is 1. The number of benzene rings is 1. The van der Waals surface area contributed by atoms with Gasteiger partial charge in [-0.25, -0.2) is 4.98 Å². The second kappa shape index (κ2) is 7.60. The summed E-state index contributed by atoms with van der Waals surface area (Å²) in [6.07, 6.45) is 1.62. The van der Waals surface area contributed by atoms with Gasteiger partial charge in [-0.05, 0) is 19.1 Å². The van der Waals surface area contributed by atoms with E-state index in [9.17, 15) is 4.79 Å². The van der Waals surface area contributed by atoms with Gasteiger partial charge in [-0.1, -0.05) is 18.2 Å². The highest BCUT2D eigenvalue weighted by atomic mass is 16.5. The van der Waals surface area contributed by atoms with E-state index in [0.29, 0.717) is 23.8 Å². The second-order valence-corrected chi connectivity index (χ2v) is 5.05. The highest BCUT2D eigenvalue weighted by molar-refractivity contribution is 5.94. The number of hydrogen-bond acceptors (Lipinski definition) is 4. The molecule has 0 fully saturated rings. The van der Waals surface area contributed by atoms with Gasteiger partial charge in [0.05, 0.1) is 13.7 Å². The fourth-order valence-electron chi connectivity index (χ4n) is 2.28. The molecule has 0 radical (unpaired) electrons. The lowest BCUT2D eigenvalue weighted by Crippen LogP contribution is -2.34. The van der Waals surface area contributed by atoms with Crippen molar-refractivity contribution < 1.29 is 14.6 Å². The molecule has 0 aliphatic carbocycles. The minimum absolute atomic E-state index is 0.105. The topological polar surface area (TPSA) is 78.4 Å². The van der Waals surface area contributed by atoms with E-state index in [1.54, 1.807) is 20.1 Å². The molecule has 0 aliphatic rings. The third-order valence-electron chi connectivity index (χ3n) is 3.44. The number of H-pyrrole nitrogens is 1. The van der Waals surface area contributed by atoms with Gasteiger partial charge in [0.25, 0.3) is 5.91 Å². The Bertz CT molecular complexity index is 694. The van der Waals surface area contributed by atoms with Crippen LogP contribution >= 0.6 is 0 Å². The number of aryl methyl sites for hydroxylation is 1. The van der Waals surface area contributed by atoms with Crippen molar-refractivity contribution in [2.45, 2.75) is 6.92 Å². The van der Waals surface area contributed by atoms with E-state index in [4.69, 9.17) is 9.84 Å². The lowest BCUT2D eigenvalue weighted by atomic mass is 10.2. The lowest BCUT2D eigenvalue weighted by molar-refractivity contribution is 0.0737. The van der Waals surface area contributed by atoms with Crippen LogP contribution in [0.25, 0.3) is 11.4 Å². The molecule has 0 bridgehead atoms. The van der Waals surface area contributed by atoms with E-state index >= 15 is 0 Å². The van der Waals surface area contributed by atoms with Crippen molar-refractivity contribution in [3.8, 4) is 17.1 Å². The first-order valence-corrected chi connectivity index (χ1v) is 7.32. The van der Waals surface area contributed by atoms with E-state index in [1.807, 2.05) is 24.3 Å². The molecule has 0 saturated carbocycles. The Morgan fingerprint density at radius 3 is 2.96 bits per heavy atom. The third kappa shape index (κ3) is 3.78. The summed E-state index contributed by atoms with van der Waals surface area (Å²) in [5, 5.41) is 9.10. The summed E-state index contributed by atoms with van der Waals surface area (Å²) >= 11 is 0. The van der Waals surface area contributed by atoms with Crippen LogP contribution in [-0.4, -0.2) is 52.7 Å². The van der Waals surface area contributed by atoms with Crippen LogP contribution in [0.3, 0.4) is 0 Å². The number of aliphatic hydroxyl groups is 1. The van der Waals surface area contributed by atoms with Crippen LogP contribution in [0.1, 0.15) is 16.2 Å². The first kappa shape index (κ1) is 16.8. The van der Waals surface area contributed by atoms with Gasteiger partial charge in [0.2, 0.25) is 0 Å². The summed E-state index contributed by atoms with van der Waals surface area (Å²) in [4.78, 5) is 21.6. The van der Waals surface area contributed by atoms with Gasteiger partial charge < -0.3 is 19.7 Å². The monoisotopic (exact) mass is 315 g/mol. The smallest absolute Gasteiger partial charge is 0.274 e. The van der Waals surface area contributed by atoms with Gasteiger partial charge in [0, 0.05) is 24.3 Å². The molecule has 0 saturated heterocycles. The molecular formula is C17H21N3O3.